The quantitative estimate of drug-likeness (QED) is 0.612. The summed E-state index contributed by atoms with van der Waals surface area (Å²) in [5, 5.41) is 9.67. The number of benzene rings is 2. The molecule has 3 aromatic rings. The number of hydrogen-bond acceptors (Lipinski definition) is 4. The van der Waals surface area contributed by atoms with Crippen molar-refractivity contribution < 1.29 is 19.1 Å². The Morgan fingerprint density at radius 1 is 1.11 bits per heavy atom. The first kappa shape index (κ1) is 19.4. The molecular weight excluding hydrogens is 356 g/mol. The van der Waals surface area contributed by atoms with Gasteiger partial charge in [-0.25, -0.2) is 4.79 Å². The summed E-state index contributed by atoms with van der Waals surface area (Å²) in [6, 6.07) is 13.6. The molecule has 0 atom stereocenters. The molecule has 1 heterocycles. The van der Waals surface area contributed by atoms with E-state index in [0.29, 0.717) is 23.5 Å². The molecule has 0 bridgehead atoms. The highest BCUT2D eigenvalue weighted by Gasteiger charge is 2.15. The van der Waals surface area contributed by atoms with Crippen LogP contribution in [-0.4, -0.2) is 17.7 Å². The second kappa shape index (κ2) is 8.57. The van der Waals surface area contributed by atoms with Crippen LogP contribution in [0.2, 0.25) is 0 Å². The molecule has 1 N–H and O–H groups in total. The molecule has 5 heteroatoms. The average molecular weight is 378 g/mol. The molecule has 0 saturated heterocycles. The highest BCUT2D eigenvalue weighted by atomic mass is 16.5. The Morgan fingerprint density at radius 2 is 1.86 bits per heavy atom. The van der Waals surface area contributed by atoms with E-state index in [1.165, 1.54) is 0 Å². The minimum absolute atomic E-state index is 0.106. The van der Waals surface area contributed by atoms with Gasteiger partial charge in [0.05, 0.1) is 0 Å². The molecule has 28 heavy (non-hydrogen) atoms. The molecule has 0 amide bonds. The standard InChI is InChI=1S/C23H22O5/c1-15-18-10-12-20(27-14-6-9-17-7-4-3-5-8-17)16(2)22(18)28-23(26)19(15)11-13-21(24)25/h3-10,12H,11,13-14H2,1-2H3,(H,24,25). The summed E-state index contributed by atoms with van der Waals surface area (Å²) < 4.78 is 11.3. The maximum atomic E-state index is 12.3. The van der Waals surface area contributed by atoms with E-state index in [9.17, 15) is 9.59 Å². The van der Waals surface area contributed by atoms with E-state index in [0.717, 1.165) is 22.1 Å². The molecule has 0 spiro atoms. The number of rotatable bonds is 7. The van der Waals surface area contributed by atoms with Crippen molar-refractivity contribution >= 4 is 23.0 Å². The van der Waals surface area contributed by atoms with Gasteiger partial charge in [0.1, 0.15) is 17.9 Å². The molecule has 144 valence electrons. The number of ether oxygens (including phenoxy) is 1. The van der Waals surface area contributed by atoms with Crippen molar-refractivity contribution in [1.82, 2.24) is 0 Å². The average Bonchev–Trinajstić information content (AvgIpc) is 2.67. The molecule has 0 aliphatic heterocycles. The Bertz CT molecular complexity index is 1080. The number of hydrogen-bond donors (Lipinski definition) is 1. The maximum absolute atomic E-state index is 12.3. The first-order chi connectivity index (χ1) is 13.5. The minimum atomic E-state index is -0.942. The lowest BCUT2D eigenvalue weighted by Crippen LogP contribution is -2.12. The zero-order chi connectivity index (χ0) is 20.1. The SMILES string of the molecule is Cc1c(CCC(=O)O)c(=O)oc2c(C)c(OCC=Cc3ccccc3)ccc12. The molecule has 0 radical (unpaired) electrons. The third-order valence-electron chi connectivity index (χ3n) is 4.69. The molecule has 0 unspecified atom stereocenters. The summed E-state index contributed by atoms with van der Waals surface area (Å²) in [4.78, 5) is 23.2. The predicted octanol–water partition coefficient (Wildman–Crippen LogP) is 4.52. The van der Waals surface area contributed by atoms with Crippen LogP contribution in [-0.2, 0) is 11.2 Å². The van der Waals surface area contributed by atoms with Gasteiger partial charge in [0.2, 0.25) is 0 Å². The van der Waals surface area contributed by atoms with Crippen molar-refractivity contribution in [2.45, 2.75) is 26.7 Å². The van der Waals surface area contributed by atoms with Gasteiger partial charge >= 0.3 is 11.6 Å². The number of carboxylic acid groups (broad SMARTS) is 1. The summed E-state index contributed by atoms with van der Waals surface area (Å²) in [7, 11) is 0. The van der Waals surface area contributed by atoms with Gasteiger partial charge in [-0.1, -0.05) is 36.4 Å². The van der Waals surface area contributed by atoms with Crippen LogP contribution in [0, 0.1) is 13.8 Å². The molecular formula is C23H22O5. The van der Waals surface area contributed by atoms with E-state index in [1.807, 2.05) is 68.5 Å². The van der Waals surface area contributed by atoms with Gasteiger partial charge in [0, 0.05) is 22.9 Å². The Balaban J connectivity index is 1.83. The lowest BCUT2D eigenvalue weighted by Gasteiger charge is -2.12. The number of aryl methyl sites for hydroxylation is 2. The molecule has 0 aliphatic carbocycles. The third-order valence-corrected chi connectivity index (χ3v) is 4.69. The normalized spacial score (nSPS) is 11.2. The molecule has 3 rings (SSSR count). The van der Waals surface area contributed by atoms with Crippen LogP contribution in [0.15, 0.2) is 57.8 Å². The third kappa shape index (κ3) is 4.31. The highest BCUT2D eigenvalue weighted by molar-refractivity contribution is 5.85. The zero-order valence-electron chi connectivity index (χ0n) is 15.9. The van der Waals surface area contributed by atoms with Gasteiger partial charge in [-0.2, -0.15) is 0 Å². The van der Waals surface area contributed by atoms with E-state index in [1.54, 1.807) is 0 Å². The van der Waals surface area contributed by atoms with E-state index in [-0.39, 0.29) is 12.8 Å². The van der Waals surface area contributed by atoms with Gasteiger partial charge in [-0.05, 0) is 49.6 Å². The number of carboxylic acids is 1. The summed E-state index contributed by atoms with van der Waals surface area (Å²) in [6.07, 6.45) is 3.96. The monoisotopic (exact) mass is 378 g/mol. The summed E-state index contributed by atoms with van der Waals surface area (Å²) in [5.41, 5.74) is 2.99. The lowest BCUT2D eigenvalue weighted by molar-refractivity contribution is -0.136. The van der Waals surface area contributed by atoms with Crippen molar-refractivity contribution in [3.05, 3.63) is 81.2 Å². The highest BCUT2D eigenvalue weighted by Crippen LogP contribution is 2.29. The van der Waals surface area contributed by atoms with E-state index >= 15 is 0 Å². The van der Waals surface area contributed by atoms with Crippen molar-refractivity contribution in [2.24, 2.45) is 0 Å². The Hall–Kier alpha value is -3.34. The molecule has 2 aromatic carbocycles. The molecule has 0 aliphatic rings. The van der Waals surface area contributed by atoms with Crippen molar-refractivity contribution in [1.29, 1.82) is 0 Å². The van der Waals surface area contributed by atoms with Crippen LogP contribution >= 0.6 is 0 Å². The number of carbonyl (C=O) groups is 1. The fourth-order valence-electron chi connectivity index (χ4n) is 3.13. The summed E-state index contributed by atoms with van der Waals surface area (Å²) >= 11 is 0. The van der Waals surface area contributed by atoms with Crippen LogP contribution < -0.4 is 10.4 Å². The summed E-state index contributed by atoms with van der Waals surface area (Å²) in [5.74, 6) is -0.298. The van der Waals surface area contributed by atoms with Crippen LogP contribution in [0.3, 0.4) is 0 Å². The van der Waals surface area contributed by atoms with Crippen molar-refractivity contribution in [3.63, 3.8) is 0 Å². The van der Waals surface area contributed by atoms with Crippen molar-refractivity contribution in [2.75, 3.05) is 6.61 Å². The van der Waals surface area contributed by atoms with Gasteiger partial charge in [0.25, 0.3) is 0 Å². The maximum Gasteiger partial charge on any atom is 0.339 e. The molecule has 0 fully saturated rings. The molecule has 5 nitrogen and oxygen atoms in total. The van der Waals surface area contributed by atoms with Crippen LogP contribution in [0.4, 0.5) is 0 Å². The van der Waals surface area contributed by atoms with Gasteiger partial charge < -0.3 is 14.3 Å². The second-order valence-corrected chi connectivity index (χ2v) is 6.58. The predicted molar refractivity (Wildman–Crippen MR) is 109 cm³/mol. The van der Waals surface area contributed by atoms with E-state index < -0.39 is 11.6 Å². The van der Waals surface area contributed by atoms with Crippen LogP contribution in [0.1, 0.15) is 28.7 Å². The second-order valence-electron chi connectivity index (χ2n) is 6.58. The van der Waals surface area contributed by atoms with Gasteiger partial charge in [-0.3, -0.25) is 4.79 Å². The summed E-state index contributed by atoms with van der Waals surface area (Å²) in [6.45, 7) is 4.05. The van der Waals surface area contributed by atoms with Gasteiger partial charge in [-0.15, -0.1) is 0 Å². The smallest absolute Gasteiger partial charge is 0.339 e. The fraction of sp³-hybridized carbons (Fsp3) is 0.217. The van der Waals surface area contributed by atoms with E-state index in [2.05, 4.69) is 0 Å². The van der Waals surface area contributed by atoms with E-state index in [4.69, 9.17) is 14.3 Å². The number of fused-ring (bicyclic) bond motifs is 1. The first-order valence-electron chi connectivity index (χ1n) is 9.09. The minimum Gasteiger partial charge on any atom is -0.489 e. The molecule has 1 aromatic heterocycles. The largest absolute Gasteiger partial charge is 0.489 e. The Kier molecular flexibility index (Phi) is 5.94. The fourth-order valence-corrected chi connectivity index (χ4v) is 3.13. The van der Waals surface area contributed by atoms with Crippen LogP contribution in [0.5, 0.6) is 5.75 Å². The number of aliphatic carboxylic acids is 1. The lowest BCUT2D eigenvalue weighted by atomic mass is 10.0. The van der Waals surface area contributed by atoms with Crippen LogP contribution in [0.25, 0.3) is 17.0 Å². The zero-order valence-corrected chi connectivity index (χ0v) is 15.9. The topological polar surface area (TPSA) is 76.7 Å². The van der Waals surface area contributed by atoms with Crippen molar-refractivity contribution in [3.8, 4) is 5.75 Å². The van der Waals surface area contributed by atoms with Gasteiger partial charge in [0.15, 0.2) is 0 Å². The Morgan fingerprint density at radius 3 is 2.57 bits per heavy atom. The first-order valence-corrected chi connectivity index (χ1v) is 9.09. The molecule has 0 saturated carbocycles. The Labute approximate surface area is 162 Å².